The highest BCUT2D eigenvalue weighted by atomic mass is 35.5. The number of imidazole rings is 1. The van der Waals surface area contributed by atoms with E-state index in [0.717, 1.165) is 24.3 Å². The predicted molar refractivity (Wildman–Crippen MR) is 160 cm³/mol. The molecule has 3 aliphatic rings. The number of fused-ring (bicyclic) bond motifs is 3. The largest absolute Gasteiger partial charge is 0.465 e. The third-order valence-electron chi connectivity index (χ3n) is 8.83. The molecule has 0 aliphatic carbocycles. The van der Waals surface area contributed by atoms with Gasteiger partial charge in [-0.15, -0.1) is 0 Å². The summed E-state index contributed by atoms with van der Waals surface area (Å²) in [5.41, 5.74) is 4.08. The van der Waals surface area contributed by atoms with Crippen LogP contribution in [0.15, 0.2) is 42.9 Å². The second-order valence-electron chi connectivity index (χ2n) is 11.4. The number of benzene rings is 2. The predicted octanol–water partition coefficient (Wildman–Crippen LogP) is 5.30. The quantitative estimate of drug-likeness (QED) is 0.290. The van der Waals surface area contributed by atoms with Crippen molar-refractivity contribution in [1.82, 2.24) is 24.2 Å². The summed E-state index contributed by atoms with van der Waals surface area (Å²) in [6, 6.07) is 8.80. The van der Waals surface area contributed by atoms with Crippen LogP contribution in [0.3, 0.4) is 0 Å². The van der Waals surface area contributed by atoms with Gasteiger partial charge in [0, 0.05) is 73.0 Å². The first-order valence-electron chi connectivity index (χ1n) is 14.3. The van der Waals surface area contributed by atoms with Gasteiger partial charge < -0.3 is 24.2 Å². The Labute approximate surface area is 256 Å². The molecule has 2 aromatic carbocycles. The van der Waals surface area contributed by atoms with Crippen molar-refractivity contribution in [3.8, 4) is 11.1 Å². The zero-order valence-corrected chi connectivity index (χ0v) is 24.8. The maximum absolute atomic E-state index is 14.2. The summed E-state index contributed by atoms with van der Waals surface area (Å²) >= 11 is 13.7. The standard InChI is InChI=1S/C30H29Cl2FN6O4/c1-2-43-29(40)28(27-24-7-19(33)13-38(24)15-34-27)39-14-22-23(31)8-21(25(32)26(22)35-39)16-3-5-20(6-4-16)36-9-17-11-37(30(41)42)12-18(17)10-36/h3-6,8,14-15,17-19,28H,2,7,9-13H2,1H3,(H,41,42)/t17-,18+,19-,28?/m1/s1. The van der Waals surface area contributed by atoms with E-state index in [1.165, 1.54) is 9.58 Å². The first-order valence-corrected chi connectivity index (χ1v) is 15.0. The maximum atomic E-state index is 14.2. The number of esters is 1. The minimum absolute atomic E-state index is 0.160. The summed E-state index contributed by atoms with van der Waals surface area (Å²) in [5, 5.41) is 15.4. The minimum atomic E-state index is -1.04. The Balaban J connectivity index is 1.19. The first kappa shape index (κ1) is 28.0. The van der Waals surface area contributed by atoms with Crippen molar-refractivity contribution in [2.24, 2.45) is 11.8 Å². The summed E-state index contributed by atoms with van der Waals surface area (Å²) in [5.74, 6) is 0.118. The van der Waals surface area contributed by atoms with E-state index in [9.17, 15) is 19.1 Å². The lowest BCUT2D eigenvalue weighted by Crippen LogP contribution is -2.32. The number of nitrogens with zero attached hydrogens (tertiary/aromatic N) is 6. The molecule has 43 heavy (non-hydrogen) atoms. The lowest BCUT2D eigenvalue weighted by atomic mass is 10.0. The molecule has 10 nitrogen and oxygen atoms in total. The van der Waals surface area contributed by atoms with Crippen molar-refractivity contribution < 1.29 is 23.8 Å². The van der Waals surface area contributed by atoms with Gasteiger partial charge in [-0.2, -0.15) is 5.10 Å². The lowest BCUT2D eigenvalue weighted by molar-refractivity contribution is -0.146. The van der Waals surface area contributed by atoms with Crippen molar-refractivity contribution in [3.05, 3.63) is 64.3 Å². The third-order valence-corrected chi connectivity index (χ3v) is 9.52. The van der Waals surface area contributed by atoms with Gasteiger partial charge in [0.1, 0.15) is 11.7 Å². The van der Waals surface area contributed by atoms with Gasteiger partial charge in [-0.25, -0.2) is 19.0 Å². The Bertz CT molecular complexity index is 1730. The summed E-state index contributed by atoms with van der Waals surface area (Å²) in [7, 11) is 0. The van der Waals surface area contributed by atoms with Gasteiger partial charge in [-0.05, 0) is 30.7 Å². The number of ether oxygens (including phenoxy) is 1. The van der Waals surface area contributed by atoms with E-state index < -0.39 is 24.3 Å². The Morgan fingerprint density at radius 3 is 2.51 bits per heavy atom. The number of hydrogen-bond acceptors (Lipinski definition) is 6. The van der Waals surface area contributed by atoms with Crippen LogP contribution in [0.5, 0.6) is 0 Å². The number of likely N-dealkylation sites (tertiary alicyclic amines) is 1. The Morgan fingerprint density at radius 1 is 1.12 bits per heavy atom. The van der Waals surface area contributed by atoms with Crippen molar-refractivity contribution >= 4 is 51.9 Å². The number of carboxylic acid groups (broad SMARTS) is 1. The molecule has 1 N–H and O–H groups in total. The molecule has 4 aromatic rings. The highest BCUT2D eigenvalue weighted by molar-refractivity contribution is 6.42. The molecule has 7 rings (SSSR count). The highest BCUT2D eigenvalue weighted by Crippen LogP contribution is 2.41. The van der Waals surface area contributed by atoms with Crippen LogP contribution in [0.1, 0.15) is 24.4 Å². The molecule has 0 saturated carbocycles. The topological polar surface area (TPSA) is 106 Å². The van der Waals surface area contributed by atoms with E-state index >= 15 is 0 Å². The number of hydrogen-bond donors (Lipinski definition) is 1. The normalized spacial score (nSPS) is 21.8. The molecule has 4 atom stereocenters. The molecule has 2 aromatic heterocycles. The molecule has 1 unspecified atom stereocenters. The van der Waals surface area contributed by atoms with Crippen LogP contribution in [-0.4, -0.2) is 80.4 Å². The zero-order valence-electron chi connectivity index (χ0n) is 23.3. The number of halogens is 3. The van der Waals surface area contributed by atoms with Crippen LogP contribution in [0.2, 0.25) is 10.0 Å². The zero-order chi connectivity index (χ0) is 30.0. The van der Waals surface area contributed by atoms with Crippen molar-refractivity contribution in [2.75, 3.05) is 37.7 Å². The molecule has 2 fully saturated rings. The SMILES string of the molecule is CCOC(=O)C(c1ncn2c1C[C@@H](F)C2)n1cc2c(Cl)cc(-c3ccc(N4C[C@H]5CN(C(=O)O)C[C@H]5C4)cc3)c(Cl)c2n1. The van der Waals surface area contributed by atoms with Crippen molar-refractivity contribution in [1.29, 1.82) is 0 Å². The van der Waals surface area contributed by atoms with Crippen molar-refractivity contribution in [3.63, 3.8) is 0 Å². The monoisotopic (exact) mass is 626 g/mol. The van der Waals surface area contributed by atoms with Crippen LogP contribution in [-0.2, 0) is 22.5 Å². The van der Waals surface area contributed by atoms with Crippen molar-refractivity contribution in [2.45, 2.75) is 32.1 Å². The van der Waals surface area contributed by atoms with Crippen LogP contribution < -0.4 is 4.90 Å². The molecule has 0 spiro atoms. The van der Waals surface area contributed by atoms with Crippen LogP contribution in [0.4, 0.5) is 14.9 Å². The molecule has 5 heterocycles. The lowest BCUT2D eigenvalue weighted by Gasteiger charge is -2.22. The summed E-state index contributed by atoms with van der Waals surface area (Å²) < 4.78 is 22.7. The fourth-order valence-electron chi connectivity index (χ4n) is 6.76. The number of carbonyl (C=O) groups excluding carboxylic acids is 1. The Morgan fingerprint density at radius 2 is 1.84 bits per heavy atom. The maximum Gasteiger partial charge on any atom is 0.407 e. The van der Waals surface area contributed by atoms with E-state index in [1.54, 1.807) is 30.1 Å². The average molecular weight is 628 g/mol. The molecule has 2 saturated heterocycles. The summed E-state index contributed by atoms with van der Waals surface area (Å²) in [6.45, 7) is 4.87. The number of amides is 1. The van der Waals surface area contributed by atoms with Gasteiger partial charge >= 0.3 is 12.1 Å². The van der Waals surface area contributed by atoms with E-state index in [0.29, 0.717) is 62.8 Å². The van der Waals surface area contributed by atoms with Crippen LogP contribution in [0.25, 0.3) is 22.0 Å². The van der Waals surface area contributed by atoms with Gasteiger partial charge in [0.25, 0.3) is 0 Å². The fraction of sp³-hybridized carbons (Fsp3) is 0.400. The molecule has 224 valence electrons. The molecular weight excluding hydrogens is 598 g/mol. The summed E-state index contributed by atoms with van der Waals surface area (Å²) in [6.07, 6.45) is 1.47. The minimum Gasteiger partial charge on any atom is -0.465 e. The molecule has 13 heteroatoms. The smallest absolute Gasteiger partial charge is 0.407 e. The second-order valence-corrected chi connectivity index (χ2v) is 12.2. The highest BCUT2D eigenvalue weighted by Gasteiger charge is 2.42. The summed E-state index contributed by atoms with van der Waals surface area (Å²) in [4.78, 5) is 32.8. The van der Waals surface area contributed by atoms with Gasteiger partial charge in [-0.3, -0.25) is 4.68 Å². The van der Waals surface area contributed by atoms with E-state index in [-0.39, 0.29) is 19.6 Å². The average Bonchev–Trinajstić information content (AvgIpc) is 3.78. The van der Waals surface area contributed by atoms with Gasteiger partial charge in [0.05, 0.1) is 35.2 Å². The van der Waals surface area contributed by atoms with E-state index in [1.807, 2.05) is 24.3 Å². The third kappa shape index (κ3) is 4.78. The van der Waals surface area contributed by atoms with Crippen LogP contribution in [0, 0.1) is 11.8 Å². The number of rotatable bonds is 6. The Kier molecular flexibility index (Phi) is 6.97. The molecular formula is C30H29Cl2FN6O4. The van der Waals surface area contributed by atoms with Gasteiger partial charge in [0.2, 0.25) is 0 Å². The number of alkyl halides is 1. The second kappa shape index (κ2) is 10.7. The number of anilines is 1. The molecule has 0 bridgehead atoms. The molecule has 3 aliphatic heterocycles. The van der Waals surface area contributed by atoms with Gasteiger partial charge in [0.15, 0.2) is 6.04 Å². The molecule has 0 radical (unpaired) electrons. The number of aromatic nitrogens is 4. The fourth-order valence-corrected chi connectivity index (χ4v) is 7.31. The molecule has 1 amide bonds. The first-order chi connectivity index (χ1) is 20.7. The van der Waals surface area contributed by atoms with Gasteiger partial charge in [-0.1, -0.05) is 35.3 Å². The van der Waals surface area contributed by atoms with Crippen LogP contribution >= 0.6 is 23.2 Å². The number of carbonyl (C=O) groups is 2. The van der Waals surface area contributed by atoms with E-state index in [2.05, 4.69) is 9.88 Å². The van der Waals surface area contributed by atoms with E-state index in [4.69, 9.17) is 33.0 Å². The Hall–Kier alpha value is -3.83.